The molecule has 1 aliphatic rings. The summed E-state index contributed by atoms with van der Waals surface area (Å²) in [6.07, 6.45) is 6.15. The van der Waals surface area contributed by atoms with Crippen molar-refractivity contribution in [3.8, 4) is 0 Å². The summed E-state index contributed by atoms with van der Waals surface area (Å²) in [6.45, 7) is 1.53. The Morgan fingerprint density at radius 1 is 1.62 bits per heavy atom. The van der Waals surface area contributed by atoms with E-state index in [1.807, 2.05) is 26.2 Å². The second kappa shape index (κ2) is 3.98. The summed E-state index contributed by atoms with van der Waals surface area (Å²) in [5, 5.41) is 1.15. The molecule has 3 nitrogen and oxygen atoms in total. The topological polar surface area (TPSA) is 29.1 Å². The Balaban J connectivity index is 2.72. The van der Waals surface area contributed by atoms with E-state index in [4.69, 9.17) is 0 Å². The Kier molecular flexibility index (Phi) is 3.17. The highest BCUT2D eigenvalue weighted by Gasteiger charge is 2.24. The van der Waals surface area contributed by atoms with Crippen LogP contribution in [0.25, 0.3) is 0 Å². The quantitative estimate of drug-likeness (QED) is 0.536. The van der Waals surface area contributed by atoms with Crippen molar-refractivity contribution in [2.24, 2.45) is 0 Å². The van der Waals surface area contributed by atoms with Crippen LogP contribution in [-0.2, 0) is 4.79 Å². The summed E-state index contributed by atoms with van der Waals surface area (Å²) in [5.74, 6) is 0.966. The van der Waals surface area contributed by atoms with Gasteiger partial charge in [0, 0.05) is 18.8 Å². The number of hydrogen-bond donors (Lipinski definition) is 1. The van der Waals surface area contributed by atoms with E-state index < -0.39 is 0 Å². The maximum absolute atomic E-state index is 10.9. The lowest BCUT2D eigenvalue weighted by Gasteiger charge is -2.30. The van der Waals surface area contributed by atoms with Gasteiger partial charge in [-0.2, -0.15) is 10.0 Å². The Morgan fingerprint density at radius 2 is 2.31 bits per heavy atom. The number of quaternary nitrogens is 1. The van der Waals surface area contributed by atoms with Crippen LogP contribution in [0.3, 0.4) is 0 Å². The van der Waals surface area contributed by atoms with Gasteiger partial charge in [-0.25, -0.2) is 0 Å². The molecule has 0 aromatic rings. The van der Waals surface area contributed by atoms with Crippen LogP contribution in [0, 0.1) is 0 Å². The number of nitrogens with one attached hydrogen (secondary N) is 1. The SMILES string of the molecule is CC(=O)N[N+](C)(C)C1=CC=CCS1. The zero-order valence-electron chi connectivity index (χ0n) is 8.20. The fourth-order valence-electron chi connectivity index (χ4n) is 1.18. The van der Waals surface area contributed by atoms with Crippen LogP contribution in [0.2, 0.25) is 0 Å². The van der Waals surface area contributed by atoms with E-state index in [1.54, 1.807) is 11.8 Å². The molecule has 0 saturated carbocycles. The molecule has 0 atom stereocenters. The van der Waals surface area contributed by atoms with Crippen molar-refractivity contribution in [3.63, 3.8) is 0 Å². The third-order valence-electron chi connectivity index (χ3n) is 1.69. The van der Waals surface area contributed by atoms with Gasteiger partial charge in [-0.3, -0.25) is 4.79 Å². The van der Waals surface area contributed by atoms with Crippen molar-refractivity contribution in [1.82, 2.24) is 5.43 Å². The van der Waals surface area contributed by atoms with Crippen LogP contribution in [0.5, 0.6) is 0 Å². The van der Waals surface area contributed by atoms with Crippen LogP contribution >= 0.6 is 11.8 Å². The highest BCUT2D eigenvalue weighted by molar-refractivity contribution is 8.03. The number of amides is 1. The third kappa shape index (κ3) is 2.90. The molecule has 0 bridgehead atoms. The second-order valence-corrected chi connectivity index (χ2v) is 4.41. The molecular weight excluding hydrogens is 184 g/mol. The number of rotatable bonds is 2. The van der Waals surface area contributed by atoms with Gasteiger partial charge in [0.15, 0.2) is 5.03 Å². The molecule has 1 N–H and O–H groups in total. The van der Waals surface area contributed by atoms with Crippen LogP contribution in [-0.4, -0.2) is 30.3 Å². The first-order valence-electron chi connectivity index (χ1n) is 4.15. The van der Waals surface area contributed by atoms with Crippen LogP contribution in [0.15, 0.2) is 23.3 Å². The van der Waals surface area contributed by atoms with Crippen molar-refractivity contribution in [3.05, 3.63) is 23.3 Å². The zero-order valence-corrected chi connectivity index (χ0v) is 9.02. The molecule has 0 unspecified atom stereocenters. The van der Waals surface area contributed by atoms with Crippen molar-refractivity contribution in [1.29, 1.82) is 0 Å². The summed E-state index contributed by atoms with van der Waals surface area (Å²) in [5.41, 5.74) is 2.86. The number of hydrogen-bond acceptors (Lipinski definition) is 2. The first kappa shape index (κ1) is 10.3. The average molecular weight is 199 g/mol. The number of thioether (sulfide) groups is 1. The molecule has 1 amide bonds. The van der Waals surface area contributed by atoms with Gasteiger partial charge in [0.1, 0.15) is 0 Å². The van der Waals surface area contributed by atoms with E-state index in [1.165, 1.54) is 6.92 Å². The maximum atomic E-state index is 10.9. The minimum absolute atomic E-state index is 0.0129. The third-order valence-corrected chi connectivity index (χ3v) is 2.94. The van der Waals surface area contributed by atoms with Gasteiger partial charge in [-0.15, -0.1) is 0 Å². The molecule has 0 fully saturated rings. The Bertz CT molecular complexity index is 269. The normalized spacial score (nSPS) is 16.7. The van der Waals surface area contributed by atoms with E-state index in [-0.39, 0.29) is 5.91 Å². The van der Waals surface area contributed by atoms with Gasteiger partial charge in [0.25, 0.3) is 5.91 Å². The van der Waals surface area contributed by atoms with Crippen LogP contribution in [0.4, 0.5) is 0 Å². The number of nitrogens with zero attached hydrogens (tertiary/aromatic N) is 1. The average Bonchev–Trinajstić information content (AvgIpc) is 2.04. The fourth-order valence-corrected chi connectivity index (χ4v) is 2.11. The standard InChI is InChI=1S/C9H14N2OS/c1-8(12)10-11(2,3)9-6-4-5-7-13-9/h4-6H,7H2,1-3H3/p+1. The van der Waals surface area contributed by atoms with Gasteiger partial charge in [0.05, 0.1) is 14.1 Å². The van der Waals surface area contributed by atoms with Crippen molar-refractivity contribution in [2.45, 2.75) is 6.92 Å². The molecule has 1 heterocycles. The maximum Gasteiger partial charge on any atom is 0.262 e. The molecule has 0 aliphatic carbocycles. The monoisotopic (exact) mass is 199 g/mol. The molecule has 0 saturated heterocycles. The predicted octanol–water partition coefficient (Wildman–Crippen LogP) is 1.26. The Morgan fingerprint density at radius 3 is 2.77 bits per heavy atom. The first-order chi connectivity index (χ1) is 6.02. The fraction of sp³-hybridized carbons (Fsp3) is 0.444. The lowest BCUT2D eigenvalue weighted by atomic mass is 10.5. The minimum atomic E-state index is -0.0129. The highest BCUT2D eigenvalue weighted by atomic mass is 32.2. The Hall–Kier alpha value is -0.740. The lowest BCUT2D eigenvalue weighted by Crippen LogP contribution is -2.52. The smallest absolute Gasteiger partial charge is 0.262 e. The number of carbonyl (C=O) groups excluding carboxylic acids is 1. The molecule has 1 rings (SSSR count). The molecule has 0 radical (unpaired) electrons. The van der Waals surface area contributed by atoms with Crippen molar-refractivity contribution in [2.75, 3.05) is 19.8 Å². The molecule has 0 spiro atoms. The van der Waals surface area contributed by atoms with Gasteiger partial charge < -0.3 is 0 Å². The van der Waals surface area contributed by atoms with Crippen molar-refractivity contribution < 1.29 is 9.39 Å². The number of carbonyl (C=O) groups is 1. The summed E-state index contributed by atoms with van der Waals surface area (Å²) in [7, 11) is 3.92. The van der Waals surface area contributed by atoms with E-state index >= 15 is 0 Å². The molecule has 4 heteroatoms. The lowest BCUT2D eigenvalue weighted by molar-refractivity contribution is -0.880. The summed E-state index contributed by atoms with van der Waals surface area (Å²) < 4.78 is 0.421. The summed E-state index contributed by atoms with van der Waals surface area (Å²) in [6, 6.07) is 0. The van der Waals surface area contributed by atoms with Gasteiger partial charge >= 0.3 is 0 Å². The van der Waals surface area contributed by atoms with E-state index in [2.05, 4.69) is 11.5 Å². The van der Waals surface area contributed by atoms with E-state index in [0.29, 0.717) is 4.59 Å². The van der Waals surface area contributed by atoms with Crippen LogP contribution in [0.1, 0.15) is 6.92 Å². The molecule has 1 aliphatic heterocycles. The van der Waals surface area contributed by atoms with Crippen LogP contribution < -0.4 is 5.43 Å². The molecule has 72 valence electrons. The molecule has 0 aromatic carbocycles. The summed E-state index contributed by atoms with van der Waals surface area (Å²) >= 11 is 1.74. The first-order valence-corrected chi connectivity index (χ1v) is 5.14. The highest BCUT2D eigenvalue weighted by Crippen LogP contribution is 2.25. The second-order valence-electron chi connectivity index (χ2n) is 3.37. The predicted molar refractivity (Wildman–Crippen MR) is 55.6 cm³/mol. The van der Waals surface area contributed by atoms with E-state index in [9.17, 15) is 4.79 Å². The summed E-state index contributed by atoms with van der Waals surface area (Å²) in [4.78, 5) is 10.9. The van der Waals surface area contributed by atoms with Crippen molar-refractivity contribution >= 4 is 17.7 Å². The number of allylic oxidation sites excluding steroid dienone is 2. The largest absolute Gasteiger partial charge is 0.270 e. The molecule has 13 heavy (non-hydrogen) atoms. The van der Waals surface area contributed by atoms with Gasteiger partial charge in [0.2, 0.25) is 0 Å². The van der Waals surface area contributed by atoms with Gasteiger partial charge in [-0.05, 0) is 0 Å². The Labute approximate surface area is 83.0 Å². The zero-order chi connectivity index (χ0) is 9.90. The van der Waals surface area contributed by atoms with Gasteiger partial charge in [-0.1, -0.05) is 23.9 Å². The molecule has 0 aromatic heterocycles. The van der Waals surface area contributed by atoms with E-state index in [0.717, 1.165) is 10.8 Å². The minimum Gasteiger partial charge on any atom is -0.270 e. The molecular formula is C9H15N2OS+.